The second-order valence-corrected chi connectivity index (χ2v) is 8.16. The minimum Gasteiger partial charge on any atom is -0.341 e. The number of nitrogens with zero attached hydrogens (tertiary/aromatic N) is 4. The second-order valence-electron chi connectivity index (χ2n) is 8.16. The summed E-state index contributed by atoms with van der Waals surface area (Å²) in [5, 5.41) is 6.25. The molecule has 0 bridgehead atoms. The van der Waals surface area contributed by atoms with Crippen LogP contribution in [0.1, 0.15) is 47.0 Å². The second kappa shape index (κ2) is 6.14. The molecule has 2 fully saturated rings. The molecule has 3 atom stereocenters. The van der Waals surface area contributed by atoms with Crippen LogP contribution in [0, 0.1) is 11.8 Å². The molecule has 2 aliphatic heterocycles. The monoisotopic (exact) mass is 334 g/mol. The van der Waals surface area contributed by atoms with Gasteiger partial charge in [-0.05, 0) is 46.6 Å². The Labute approximate surface area is 144 Å². The maximum Gasteiger partial charge on any atom is 0.240 e. The number of fused-ring (bicyclic) bond motifs is 2. The van der Waals surface area contributed by atoms with Crippen LogP contribution in [0.3, 0.4) is 0 Å². The van der Waals surface area contributed by atoms with E-state index in [0.717, 1.165) is 38.1 Å². The molecule has 1 saturated heterocycles. The first-order valence-corrected chi connectivity index (χ1v) is 9.07. The standard InChI is InChI=1S/C18H30N4O2/c1-12(2)20(5)11-17(24)21-9-15-6-7-18(16(15)10-21)8-13(3)19-22(18)14(4)23/h12,15-16H,6-11H2,1-5H3. The van der Waals surface area contributed by atoms with Gasteiger partial charge in [-0.1, -0.05) is 0 Å². The molecule has 2 amide bonds. The fraction of sp³-hybridized carbons (Fsp3) is 0.833. The third-order valence-corrected chi connectivity index (χ3v) is 6.25. The number of carbonyl (C=O) groups excluding carboxylic acids is 2. The van der Waals surface area contributed by atoms with Gasteiger partial charge >= 0.3 is 0 Å². The van der Waals surface area contributed by atoms with Crippen molar-refractivity contribution >= 4 is 17.5 Å². The Bertz CT molecular complexity index is 573. The van der Waals surface area contributed by atoms with Crippen LogP contribution in [-0.2, 0) is 9.59 Å². The van der Waals surface area contributed by atoms with Crippen molar-refractivity contribution in [1.82, 2.24) is 14.8 Å². The van der Waals surface area contributed by atoms with Gasteiger partial charge in [-0.15, -0.1) is 0 Å². The van der Waals surface area contributed by atoms with E-state index >= 15 is 0 Å². The van der Waals surface area contributed by atoms with Crippen molar-refractivity contribution in [2.24, 2.45) is 16.9 Å². The zero-order valence-corrected chi connectivity index (χ0v) is 15.6. The highest BCUT2D eigenvalue weighted by Crippen LogP contribution is 2.52. The van der Waals surface area contributed by atoms with Crippen LogP contribution < -0.4 is 0 Å². The van der Waals surface area contributed by atoms with Gasteiger partial charge in [0.15, 0.2) is 0 Å². The van der Waals surface area contributed by atoms with Crippen molar-refractivity contribution in [1.29, 1.82) is 0 Å². The fourth-order valence-electron chi connectivity index (χ4n) is 4.78. The molecule has 0 aromatic heterocycles. The van der Waals surface area contributed by atoms with Crippen LogP contribution in [0.15, 0.2) is 5.10 Å². The highest BCUT2D eigenvalue weighted by Gasteiger charge is 2.59. The first kappa shape index (κ1) is 17.4. The average Bonchev–Trinajstić information content (AvgIpc) is 3.14. The Morgan fingerprint density at radius 2 is 2.08 bits per heavy atom. The zero-order valence-electron chi connectivity index (χ0n) is 15.6. The van der Waals surface area contributed by atoms with Crippen molar-refractivity contribution in [2.75, 3.05) is 26.7 Å². The number of likely N-dealkylation sites (tertiary alicyclic amines) is 1. The highest BCUT2D eigenvalue weighted by atomic mass is 16.2. The van der Waals surface area contributed by atoms with E-state index in [9.17, 15) is 9.59 Å². The lowest BCUT2D eigenvalue weighted by molar-refractivity contribution is -0.136. The van der Waals surface area contributed by atoms with E-state index in [2.05, 4.69) is 23.8 Å². The van der Waals surface area contributed by atoms with Gasteiger partial charge in [0.25, 0.3) is 0 Å². The van der Waals surface area contributed by atoms with E-state index in [4.69, 9.17) is 0 Å². The number of hydrogen-bond donors (Lipinski definition) is 0. The molecule has 2 heterocycles. The fourth-order valence-corrected chi connectivity index (χ4v) is 4.78. The molecule has 3 unspecified atom stereocenters. The minimum atomic E-state index is -0.181. The number of amides is 2. The number of rotatable bonds is 3. The summed E-state index contributed by atoms with van der Waals surface area (Å²) in [6.45, 7) is 9.88. The first-order valence-electron chi connectivity index (χ1n) is 9.07. The molecule has 6 heteroatoms. The summed E-state index contributed by atoms with van der Waals surface area (Å²) in [5.74, 6) is 1.09. The Hall–Kier alpha value is -1.43. The molecule has 0 aromatic carbocycles. The maximum absolute atomic E-state index is 12.6. The van der Waals surface area contributed by atoms with Gasteiger partial charge in [0.1, 0.15) is 0 Å². The molecule has 3 rings (SSSR count). The van der Waals surface area contributed by atoms with Gasteiger partial charge in [-0.3, -0.25) is 14.5 Å². The van der Waals surface area contributed by atoms with E-state index in [1.165, 1.54) is 0 Å². The lowest BCUT2D eigenvalue weighted by Gasteiger charge is -2.37. The van der Waals surface area contributed by atoms with Crippen LogP contribution in [0.4, 0.5) is 0 Å². The van der Waals surface area contributed by atoms with Crippen molar-refractivity contribution in [3.8, 4) is 0 Å². The Kier molecular flexibility index (Phi) is 4.45. The van der Waals surface area contributed by atoms with E-state index in [1.807, 2.05) is 18.9 Å². The van der Waals surface area contributed by atoms with Crippen molar-refractivity contribution in [2.45, 2.75) is 58.5 Å². The predicted octanol–water partition coefficient (Wildman–Crippen LogP) is 1.56. The van der Waals surface area contributed by atoms with E-state index < -0.39 is 0 Å². The molecule has 6 nitrogen and oxygen atoms in total. The van der Waals surface area contributed by atoms with Gasteiger partial charge in [0.05, 0.1) is 12.1 Å². The molecule has 0 N–H and O–H groups in total. The van der Waals surface area contributed by atoms with Crippen molar-refractivity contribution in [3.05, 3.63) is 0 Å². The summed E-state index contributed by atoms with van der Waals surface area (Å²) in [6, 6.07) is 0.362. The quantitative estimate of drug-likeness (QED) is 0.787. The summed E-state index contributed by atoms with van der Waals surface area (Å²) in [7, 11) is 1.99. The summed E-state index contributed by atoms with van der Waals surface area (Å²) < 4.78 is 0. The molecule has 1 spiro atoms. The molecule has 0 radical (unpaired) electrons. The molecule has 134 valence electrons. The minimum absolute atomic E-state index is 0.0248. The van der Waals surface area contributed by atoms with Gasteiger partial charge < -0.3 is 4.90 Å². The predicted molar refractivity (Wildman–Crippen MR) is 93.5 cm³/mol. The third kappa shape index (κ3) is 2.75. The Morgan fingerprint density at radius 1 is 1.38 bits per heavy atom. The third-order valence-electron chi connectivity index (χ3n) is 6.25. The highest BCUT2D eigenvalue weighted by molar-refractivity contribution is 5.89. The van der Waals surface area contributed by atoms with Crippen LogP contribution in [0.5, 0.6) is 0 Å². The van der Waals surface area contributed by atoms with Gasteiger partial charge in [0, 0.05) is 44.1 Å². The van der Waals surface area contributed by atoms with Gasteiger partial charge in [0.2, 0.25) is 11.8 Å². The molecular weight excluding hydrogens is 304 g/mol. The van der Waals surface area contributed by atoms with Gasteiger partial charge in [-0.25, -0.2) is 5.01 Å². The molecule has 0 aromatic rings. The summed E-state index contributed by atoms with van der Waals surface area (Å²) in [4.78, 5) is 28.9. The normalized spacial score (nSPS) is 32.2. The van der Waals surface area contributed by atoms with Gasteiger partial charge in [-0.2, -0.15) is 5.10 Å². The Morgan fingerprint density at radius 3 is 2.71 bits per heavy atom. The number of hydrogen-bond acceptors (Lipinski definition) is 4. The van der Waals surface area contributed by atoms with Crippen LogP contribution in [-0.4, -0.2) is 70.6 Å². The first-order chi connectivity index (χ1) is 11.2. The smallest absolute Gasteiger partial charge is 0.240 e. The summed E-state index contributed by atoms with van der Waals surface area (Å²) in [6.07, 6.45) is 2.96. The van der Waals surface area contributed by atoms with Crippen molar-refractivity contribution in [3.63, 3.8) is 0 Å². The van der Waals surface area contributed by atoms with Crippen LogP contribution in [0.25, 0.3) is 0 Å². The van der Waals surface area contributed by atoms with Crippen LogP contribution in [0.2, 0.25) is 0 Å². The van der Waals surface area contributed by atoms with E-state index in [0.29, 0.717) is 24.4 Å². The molecule has 1 aliphatic carbocycles. The van der Waals surface area contributed by atoms with Crippen molar-refractivity contribution < 1.29 is 9.59 Å². The number of likely N-dealkylation sites (N-methyl/N-ethyl adjacent to an activating group) is 1. The SMILES string of the molecule is CC(=O)N1N=C(C)CC12CCC1CN(C(=O)CN(C)C(C)C)CC12. The molecular formula is C18H30N4O2. The lowest BCUT2D eigenvalue weighted by atomic mass is 9.81. The summed E-state index contributed by atoms with van der Waals surface area (Å²) in [5.41, 5.74) is 0.856. The summed E-state index contributed by atoms with van der Waals surface area (Å²) >= 11 is 0. The molecule has 3 aliphatic rings. The zero-order chi connectivity index (χ0) is 17.6. The van der Waals surface area contributed by atoms with E-state index in [-0.39, 0.29) is 17.4 Å². The number of carbonyl (C=O) groups is 2. The average molecular weight is 334 g/mol. The molecule has 24 heavy (non-hydrogen) atoms. The topological polar surface area (TPSA) is 56.2 Å². The molecule has 1 saturated carbocycles. The lowest BCUT2D eigenvalue weighted by Crippen LogP contribution is -2.50. The Balaban J connectivity index is 1.73. The van der Waals surface area contributed by atoms with E-state index in [1.54, 1.807) is 11.9 Å². The number of hydrazone groups is 1. The van der Waals surface area contributed by atoms with Crippen LogP contribution >= 0.6 is 0 Å². The maximum atomic E-state index is 12.6. The largest absolute Gasteiger partial charge is 0.341 e.